The second-order valence-electron chi connectivity index (χ2n) is 6.14. The molecule has 0 unspecified atom stereocenters. The van der Waals surface area contributed by atoms with Gasteiger partial charge in [0, 0.05) is 25.1 Å². The number of aryl methyl sites for hydroxylation is 1. The number of carbonyl (C=O) groups excluding carboxylic acids is 2. The monoisotopic (exact) mass is 338 g/mol. The van der Waals surface area contributed by atoms with Gasteiger partial charge in [0.25, 0.3) is 0 Å². The van der Waals surface area contributed by atoms with E-state index in [1.54, 1.807) is 4.90 Å². The Morgan fingerprint density at radius 1 is 1.08 bits per heavy atom. The van der Waals surface area contributed by atoms with Crippen LogP contribution < -0.4 is 10.2 Å². The van der Waals surface area contributed by atoms with E-state index in [0.29, 0.717) is 13.0 Å². The van der Waals surface area contributed by atoms with Crippen molar-refractivity contribution in [1.82, 2.24) is 5.32 Å². The first-order valence-corrected chi connectivity index (χ1v) is 8.52. The molecule has 0 bridgehead atoms. The van der Waals surface area contributed by atoms with Gasteiger partial charge in [0.1, 0.15) is 0 Å². The van der Waals surface area contributed by atoms with Crippen molar-refractivity contribution in [3.8, 4) is 0 Å². The van der Waals surface area contributed by atoms with E-state index >= 15 is 0 Å². The minimum Gasteiger partial charge on any atom is -0.394 e. The Morgan fingerprint density at radius 2 is 1.80 bits per heavy atom. The highest BCUT2D eigenvalue weighted by atomic mass is 16.3. The van der Waals surface area contributed by atoms with Crippen LogP contribution in [-0.2, 0) is 16.0 Å². The first kappa shape index (κ1) is 17.2. The number of nitrogens with zero attached hydrogens (tertiary/aromatic N) is 1. The van der Waals surface area contributed by atoms with E-state index in [4.69, 9.17) is 0 Å². The molecule has 0 aromatic heterocycles. The third kappa shape index (κ3) is 4.06. The molecule has 1 aliphatic rings. The van der Waals surface area contributed by atoms with E-state index in [2.05, 4.69) is 5.32 Å². The second kappa shape index (κ2) is 7.94. The van der Waals surface area contributed by atoms with Crippen molar-refractivity contribution >= 4 is 17.5 Å². The maximum atomic E-state index is 12.3. The first-order chi connectivity index (χ1) is 12.2. The number of para-hydroxylation sites is 1. The number of aliphatic hydroxyl groups is 1. The van der Waals surface area contributed by atoms with Gasteiger partial charge in [-0.2, -0.15) is 0 Å². The lowest BCUT2D eigenvalue weighted by Gasteiger charge is -2.29. The second-order valence-corrected chi connectivity index (χ2v) is 6.14. The molecule has 1 atom stereocenters. The predicted molar refractivity (Wildman–Crippen MR) is 96.1 cm³/mol. The van der Waals surface area contributed by atoms with Crippen LogP contribution in [0.4, 0.5) is 5.69 Å². The van der Waals surface area contributed by atoms with Crippen LogP contribution >= 0.6 is 0 Å². The van der Waals surface area contributed by atoms with Gasteiger partial charge in [0.05, 0.1) is 12.6 Å². The molecule has 0 saturated heterocycles. The molecule has 1 aliphatic heterocycles. The van der Waals surface area contributed by atoms with E-state index in [9.17, 15) is 14.7 Å². The number of aliphatic hydroxyl groups excluding tert-OH is 1. The van der Waals surface area contributed by atoms with Gasteiger partial charge in [0.15, 0.2) is 0 Å². The molecule has 0 spiro atoms. The summed E-state index contributed by atoms with van der Waals surface area (Å²) in [5, 5.41) is 12.4. The smallest absolute Gasteiger partial charge is 0.227 e. The van der Waals surface area contributed by atoms with Gasteiger partial charge >= 0.3 is 0 Å². The summed E-state index contributed by atoms with van der Waals surface area (Å²) >= 11 is 0. The van der Waals surface area contributed by atoms with E-state index < -0.39 is 6.04 Å². The average molecular weight is 338 g/mol. The number of amides is 2. The molecule has 0 radical (unpaired) electrons. The minimum absolute atomic E-state index is 0.0493. The molecule has 2 aromatic carbocycles. The Labute approximate surface area is 147 Å². The predicted octanol–water partition coefficient (Wildman–Crippen LogP) is 2.21. The Bertz CT molecular complexity index is 746. The molecule has 2 amide bonds. The zero-order valence-electron chi connectivity index (χ0n) is 14.0. The fraction of sp³-hybridized carbons (Fsp3) is 0.300. The number of nitrogens with one attached hydrogen (secondary N) is 1. The number of hydrogen-bond acceptors (Lipinski definition) is 3. The number of rotatable bonds is 6. The van der Waals surface area contributed by atoms with Crippen LogP contribution in [0.5, 0.6) is 0 Å². The lowest BCUT2D eigenvalue weighted by molar-refractivity contribution is -0.122. The number of benzene rings is 2. The molecular weight excluding hydrogens is 316 g/mol. The lowest BCUT2D eigenvalue weighted by atomic mass is 10.0. The van der Waals surface area contributed by atoms with E-state index in [0.717, 1.165) is 23.2 Å². The van der Waals surface area contributed by atoms with Crippen LogP contribution in [0.1, 0.15) is 30.0 Å². The molecule has 2 aromatic rings. The summed E-state index contributed by atoms with van der Waals surface area (Å²) < 4.78 is 0. The Kier molecular flexibility index (Phi) is 5.46. The molecule has 0 fully saturated rings. The zero-order chi connectivity index (χ0) is 17.6. The Hall–Kier alpha value is -2.66. The largest absolute Gasteiger partial charge is 0.394 e. The van der Waals surface area contributed by atoms with Crippen molar-refractivity contribution in [2.75, 3.05) is 18.1 Å². The van der Waals surface area contributed by atoms with Crippen molar-refractivity contribution in [3.05, 3.63) is 65.7 Å². The maximum Gasteiger partial charge on any atom is 0.227 e. The molecule has 1 heterocycles. The molecule has 5 nitrogen and oxygen atoms in total. The van der Waals surface area contributed by atoms with Gasteiger partial charge in [-0.3, -0.25) is 9.59 Å². The molecule has 3 rings (SSSR count). The van der Waals surface area contributed by atoms with Crippen molar-refractivity contribution < 1.29 is 14.7 Å². The van der Waals surface area contributed by atoms with Gasteiger partial charge < -0.3 is 15.3 Å². The fourth-order valence-electron chi connectivity index (χ4n) is 3.14. The van der Waals surface area contributed by atoms with Crippen LogP contribution in [0.25, 0.3) is 0 Å². The maximum absolute atomic E-state index is 12.3. The van der Waals surface area contributed by atoms with Crippen molar-refractivity contribution in [2.24, 2.45) is 0 Å². The zero-order valence-corrected chi connectivity index (χ0v) is 14.0. The summed E-state index contributed by atoms with van der Waals surface area (Å²) in [6.07, 6.45) is 1.42. The Balaban J connectivity index is 1.61. The van der Waals surface area contributed by atoms with Gasteiger partial charge in [-0.15, -0.1) is 0 Å². The van der Waals surface area contributed by atoms with Crippen molar-refractivity contribution in [3.63, 3.8) is 0 Å². The average Bonchev–Trinajstić information content (AvgIpc) is 2.66. The summed E-state index contributed by atoms with van der Waals surface area (Å²) in [5.41, 5.74) is 2.89. The quantitative estimate of drug-likeness (QED) is 0.848. The van der Waals surface area contributed by atoms with E-state index in [-0.39, 0.29) is 24.8 Å². The number of carbonyl (C=O) groups is 2. The summed E-state index contributed by atoms with van der Waals surface area (Å²) in [6, 6.07) is 16.7. The third-order valence-corrected chi connectivity index (χ3v) is 4.47. The van der Waals surface area contributed by atoms with Crippen LogP contribution in [0.15, 0.2) is 54.6 Å². The van der Waals surface area contributed by atoms with E-state index in [1.165, 1.54) is 0 Å². The van der Waals surface area contributed by atoms with Crippen LogP contribution in [-0.4, -0.2) is 30.1 Å². The molecule has 0 saturated carbocycles. The molecule has 0 aliphatic carbocycles. The molecule has 5 heteroatoms. The van der Waals surface area contributed by atoms with Crippen LogP contribution in [0.3, 0.4) is 0 Å². The molecule has 25 heavy (non-hydrogen) atoms. The van der Waals surface area contributed by atoms with Crippen LogP contribution in [0.2, 0.25) is 0 Å². The standard InChI is InChI=1S/C20H22N2O3/c23-14-17(15-6-2-1-3-7-15)21-19(24)12-13-22-18-9-5-4-8-16(18)10-11-20(22)25/h1-9,17,23H,10-14H2,(H,21,24)/t17-/m1/s1. The summed E-state index contributed by atoms with van der Waals surface area (Å²) in [5.74, 6) is -0.132. The van der Waals surface area contributed by atoms with Crippen molar-refractivity contribution in [1.29, 1.82) is 0 Å². The summed E-state index contributed by atoms with van der Waals surface area (Å²) in [4.78, 5) is 26.2. The third-order valence-electron chi connectivity index (χ3n) is 4.47. The normalized spacial score (nSPS) is 14.8. The molecule has 2 N–H and O–H groups in total. The number of hydrogen-bond donors (Lipinski definition) is 2. The lowest BCUT2D eigenvalue weighted by Crippen LogP contribution is -2.39. The highest BCUT2D eigenvalue weighted by Crippen LogP contribution is 2.27. The number of anilines is 1. The summed E-state index contributed by atoms with van der Waals surface area (Å²) in [7, 11) is 0. The highest BCUT2D eigenvalue weighted by molar-refractivity contribution is 5.97. The molecule has 130 valence electrons. The van der Waals surface area contributed by atoms with Gasteiger partial charge in [0.2, 0.25) is 11.8 Å². The van der Waals surface area contributed by atoms with Crippen LogP contribution in [0, 0.1) is 0 Å². The topological polar surface area (TPSA) is 69.6 Å². The molecular formula is C20H22N2O3. The first-order valence-electron chi connectivity index (χ1n) is 8.52. The van der Waals surface area contributed by atoms with Crippen molar-refractivity contribution in [2.45, 2.75) is 25.3 Å². The fourth-order valence-corrected chi connectivity index (χ4v) is 3.14. The number of fused-ring (bicyclic) bond motifs is 1. The van der Waals surface area contributed by atoms with E-state index in [1.807, 2.05) is 54.6 Å². The van der Waals surface area contributed by atoms with Gasteiger partial charge in [-0.1, -0.05) is 48.5 Å². The van der Waals surface area contributed by atoms with Gasteiger partial charge in [-0.25, -0.2) is 0 Å². The summed E-state index contributed by atoms with van der Waals surface area (Å²) in [6.45, 7) is 0.176. The Morgan fingerprint density at radius 3 is 2.56 bits per heavy atom. The van der Waals surface area contributed by atoms with Gasteiger partial charge in [-0.05, 0) is 23.6 Å². The minimum atomic E-state index is -0.432. The highest BCUT2D eigenvalue weighted by Gasteiger charge is 2.24. The SMILES string of the molecule is O=C(CCN1C(=O)CCc2ccccc21)N[C@H](CO)c1ccccc1.